The highest BCUT2D eigenvalue weighted by atomic mass is 32.1. The number of aryl methyl sites for hydroxylation is 1. The zero-order valence-corrected chi connectivity index (χ0v) is 12.9. The maximum atomic E-state index is 12.2. The van der Waals surface area contributed by atoms with Crippen molar-refractivity contribution in [2.45, 2.75) is 19.9 Å². The summed E-state index contributed by atoms with van der Waals surface area (Å²) in [5.41, 5.74) is 1.01. The minimum absolute atomic E-state index is 0.135. The third-order valence-corrected chi connectivity index (χ3v) is 3.83. The zero-order chi connectivity index (χ0) is 15.2. The van der Waals surface area contributed by atoms with E-state index in [4.69, 9.17) is 9.52 Å². The summed E-state index contributed by atoms with van der Waals surface area (Å²) < 4.78 is 5.47. The van der Waals surface area contributed by atoms with E-state index in [9.17, 15) is 4.79 Å². The van der Waals surface area contributed by atoms with Gasteiger partial charge in [-0.25, -0.2) is 0 Å². The molecule has 4 nitrogen and oxygen atoms in total. The van der Waals surface area contributed by atoms with Gasteiger partial charge in [0.2, 0.25) is 0 Å². The molecule has 0 atom stereocenters. The molecule has 2 aromatic heterocycles. The molecule has 1 amide bonds. The molecule has 110 valence electrons. The number of rotatable bonds is 4. The van der Waals surface area contributed by atoms with Crippen LogP contribution in [0, 0.1) is 11.8 Å². The van der Waals surface area contributed by atoms with Crippen LogP contribution in [-0.4, -0.2) is 29.6 Å². The quantitative estimate of drug-likeness (QED) is 0.883. The van der Waals surface area contributed by atoms with E-state index >= 15 is 0 Å². The molecule has 2 aromatic rings. The lowest BCUT2D eigenvalue weighted by Crippen LogP contribution is -2.25. The summed E-state index contributed by atoms with van der Waals surface area (Å²) in [5, 5.41) is 10.6. The molecule has 0 aliphatic heterocycles. The van der Waals surface area contributed by atoms with E-state index < -0.39 is 0 Å². The summed E-state index contributed by atoms with van der Waals surface area (Å²) in [4.78, 5) is 14.7. The molecule has 0 saturated heterocycles. The van der Waals surface area contributed by atoms with Gasteiger partial charge >= 0.3 is 0 Å². The molecule has 0 fully saturated rings. The van der Waals surface area contributed by atoms with Gasteiger partial charge in [0.15, 0.2) is 5.76 Å². The number of thiophene rings is 1. The standard InChI is InChI=1S/C16H17NO3S/c1-3-13-6-7-15(20-13)16(19)17(2)10-12-9-14(21-11-12)5-4-8-18/h6-7,9,11,18H,3,8,10H2,1-2H3. The van der Waals surface area contributed by atoms with Crippen LogP contribution in [0.15, 0.2) is 28.0 Å². The normalized spacial score (nSPS) is 10.0. The summed E-state index contributed by atoms with van der Waals surface area (Å²) in [6.45, 7) is 2.33. The number of carbonyl (C=O) groups is 1. The van der Waals surface area contributed by atoms with Gasteiger partial charge in [-0.05, 0) is 29.1 Å². The summed E-state index contributed by atoms with van der Waals surface area (Å²) in [6.07, 6.45) is 0.772. The van der Waals surface area contributed by atoms with Crippen LogP contribution in [0.1, 0.15) is 33.7 Å². The van der Waals surface area contributed by atoms with Crippen LogP contribution >= 0.6 is 11.3 Å². The van der Waals surface area contributed by atoms with Crippen LogP contribution in [-0.2, 0) is 13.0 Å². The van der Waals surface area contributed by atoms with Gasteiger partial charge in [0.05, 0.1) is 4.88 Å². The van der Waals surface area contributed by atoms with E-state index in [-0.39, 0.29) is 12.5 Å². The minimum atomic E-state index is -0.149. The molecule has 0 aliphatic rings. The van der Waals surface area contributed by atoms with Gasteiger partial charge < -0.3 is 14.4 Å². The Morgan fingerprint density at radius 3 is 2.95 bits per heavy atom. The lowest BCUT2D eigenvalue weighted by Gasteiger charge is -2.14. The number of hydrogen-bond donors (Lipinski definition) is 1. The second kappa shape index (κ2) is 7.11. The number of carbonyl (C=O) groups excluding carboxylic acids is 1. The first kappa shape index (κ1) is 15.4. The fourth-order valence-corrected chi connectivity index (χ4v) is 2.64. The predicted octanol–water partition coefficient (Wildman–Crippen LogP) is 2.52. The Bertz CT molecular complexity index is 675. The molecule has 0 bridgehead atoms. The molecule has 2 rings (SSSR count). The number of nitrogens with zero attached hydrogens (tertiary/aromatic N) is 1. The Labute approximate surface area is 128 Å². The summed E-state index contributed by atoms with van der Waals surface area (Å²) >= 11 is 1.50. The molecule has 5 heteroatoms. The van der Waals surface area contributed by atoms with Crippen LogP contribution in [0.2, 0.25) is 0 Å². The molecule has 0 aromatic carbocycles. The maximum absolute atomic E-state index is 12.2. The maximum Gasteiger partial charge on any atom is 0.289 e. The summed E-state index contributed by atoms with van der Waals surface area (Å²) in [7, 11) is 1.74. The fraction of sp³-hybridized carbons (Fsp3) is 0.312. The molecular formula is C16H17NO3S. The van der Waals surface area contributed by atoms with Crippen LogP contribution in [0.3, 0.4) is 0 Å². The average molecular weight is 303 g/mol. The first-order chi connectivity index (χ1) is 10.1. The predicted molar refractivity (Wildman–Crippen MR) is 82.2 cm³/mol. The Balaban J connectivity index is 2.01. The first-order valence-corrected chi connectivity index (χ1v) is 7.53. The molecule has 0 saturated carbocycles. The van der Waals surface area contributed by atoms with Crippen molar-refractivity contribution >= 4 is 17.2 Å². The van der Waals surface area contributed by atoms with E-state index in [1.54, 1.807) is 18.0 Å². The monoisotopic (exact) mass is 303 g/mol. The highest BCUT2D eigenvalue weighted by molar-refractivity contribution is 7.10. The number of amides is 1. The molecule has 0 spiro atoms. The van der Waals surface area contributed by atoms with Crippen LogP contribution in [0.5, 0.6) is 0 Å². The second-order valence-corrected chi connectivity index (χ2v) is 5.47. The first-order valence-electron chi connectivity index (χ1n) is 6.65. The van der Waals surface area contributed by atoms with Gasteiger partial charge in [-0.15, -0.1) is 11.3 Å². The van der Waals surface area contributed by atoms with Crippen molar-refractivity contribution < 1.29 is 14.3 Å². The zero-order valence-electron chi connectivity index (χ0n) is 12.0. The largest absolute Gasteiger partial charge is 0.456 e. The SMILES string of the molecule is CCc1ccc(C(=O)N(C)Cc2csc(C#CCO)c2)o1. The van der Waals surface area contributed by atoms with Gasteiger partial charge in [-0.3, -0.25) is 4.79 Å². The third kappa shape index (κ3) is 3.97. The number of aliphatic hydroxyl groups excluding tert-OH is 1. The van der Waals surface area contributed by atoms with Crippen LogP contribution in [0.4, 0.5) is 0 Å². The molecular weight excluding hydrogens is 286 g/mol. The molecule has 21 heavy (non-hydrogen) atoms. The molecule has 2 heterocycles. The van der Waals surface area contributed by atoms with Crippen molar-refractivity contribution in [3.63, 3.8) is 0 Å². The van der Waals surface area contributed by atoms with Gasteiger partial charge in [0, 0.05) is 20.0 Å². The number of hydrogen-bond acceptors (Lipinski definition) is 4. The molecule has 0 radical (unpaired) electrons. The molecule has 0 unspecified atom stereocenters. The second-order valence-electron chi connectivity index (χ2n) is 4.56. The van der Waals surface area contributed by atoms with Crippen molar-refractivity contribution in [3.05, 3.63) is 45.5 Å². The number of furan rings is 1. The Kier molecular flexibility index (Phi) is 5.20. The Hall–Kier alpha value is -2.03. The van der Waals surface area contributed by atoms with E-state index in [1.165, 1.54) is 11.3 Å². The van der Waals surface area contributed by atoms with Crippen molar-refractivity contribution in [3.8, 4) is 11.8 Å². The highest BCUT2D eigenvalue weighted by Crippen LogP contribution is 2.17. The van der Waals surface area contributed by atoms with E-state index in [0.29, 0.717) is 12.3 Å². The van der Waals surface area contributed by atoms with Crippen molar-refractivity contribution in [2.24, 2.45) is 0 Å². The number of aliphatic hydroxyl groups is 1. The summed E-state index contributed by atoms with van der Waals surface area (Å²) in [5.74, 6) is 6.51. The fourth-order valence-electron chi connectivity index (χ4n) is 1.87. The minimum Gasteiger partial charge on any atom is -0.456 e. The van der Waals surface area contributed by atoms with Gasteiger partial charge in [0.25, 0.3) is 5.91 Å². The third-order valence-electron chi connectivity index (χ3n) is 2.93. The molecule has 1 N–H and O–H groups in total. The van der Waals surface area contributed by atoms with E-state index in [0.717, 1.165) is 22.6 Å². The van der Waals surface area contributed by atoms with Gasteiger partial charge in [-0.1, -0.05) is 18.8 Å². The van der Waals surface area contributed by atoms with Crippen molar-refractivity contribution in [1.29, 1.82) is 0 Å². The molecule has 0 aliphatic carbocycles. The van der Waals surface area contributed by atoms with Crippen molar-refractivity contribution in [2.75, 3.05) is 13.7 Å². The van der Waals surface area contributed by atoms with Crippen molar-refractivity contribution in [1.82, 2.24) is 4.90 Å². The lowest BCUT2D eigenvalue weighted by molar-refractivity contribution is 0.0752. The van der Waals surface area contributed by atoms with Crippen LogP contribution < -0.4 is 0 Å². The average Bonchev–Trinajstić information content (AvgIpc) is 3.13. The topological polar surface area (TPSA) is 53.7 Å². The van der Waals surface area contributed by atoms with Gasteiger partial charge in [-0.2, -0.15) is 0 Å². The lowest BCUT2D eigenvalue weighted by atomic mass is 10.2. The van der Waals surface area contributed by atoms with E-state index in [2.05, 4.69) is 11.8 Å². The smallest absolute Gasteiger partial charge is 0.289 e. The summed E-state index contributed by atoms with van der Waals surface area (Å²) in [6, 6.07) is 5.47. The Morgan fingerprint density at radius 1 is 1.48 bits per heavy atom. The Morgan fingerprint density at radius 2 is 2.29 bits per heavy atom. The van der Waals surface area contributed by atoms with Crippen LogP contribution in [0.25, 0.3) is 0 Å². The van der Waals surface area contributed by atoms with E-state index in [1.807, 2.05) is 24.4 Å². The van der Waals surface area contributed by atoms with Gasteiger partial charge in [0.1, 0.15) is 12.4 Å². The highest BCUT2D eigenvalue weighted by Gasteiger charge is 2.16.